The third kappa shape index (κ3) is 5.27. The van der Waals surface area contributed by atoms with Gasteiger partial charge in [0.25, 0.3) is 0 Å². The van der Waals surface area contributed by atoms with Gasteiger partial charge in [0.1, 0.15) is 5.75 Å². The average Bonchev–Trinajstić information content (AvgIpc) is 2.45. The molecule has 20 heavy (non-hydrogen) atoms. The second-order valence-corrected chi connectivity index (χ2v) is 4.27. The predicted molar refractivity (Wildman–Crippen MR) is 77.8 cm³/mol. The summed E-state index contributed by atoms with van der Waals surface area (Å²) in [4.78, 5) is 23.2. The number of likely N-dealkylation sites (N-methyl/N-ethyl adjacent to an activating group) is 1. The van der Waals surface area contributed by atoms with Gasteiger partial charge >= 0.3 is 0 Å². The first kappa shape index (κ1) is 16.0. The van der Waals surface area contributed by atoms with Gasteiger partial charge in [-0.15, -0.1) is 0 Å². The summed E-state index contributed by atoms with van der Waals surface area (Å²) in [6.45, 7) is 4.21. The minimum atomic E-state index is -0.406. The molecule has 0 spiro atoms. The van der Waals surface area contributed by atoms with Crippen molar-refractivity contribution in [1.82, 2.24) is 10.6 Å². The highest BCUT2D eigenvalue weighted by molar-refractivity contribution is 5.92. The molecule has 0 saturated heterocycles. The van der Waals surface area contributed by atoms with E-state index in [4.69, 9.17) is 4.74 Å². The normalized spacial score (nSPS) is 11.6. The second-order valence-electron chi connectivity index (χ2n) is 4.27. The van der Waals surface area contributed by atoms with Gasteiger partial charge in [-0.25, -0.2) is 0 Å². The van der Waals surface area contributed by atoms with Crippen LogP contribution in [-0.4, -0.2) is 38.1 Å². The zero-order valence-corrected chi connectivity index (χ0v) is 12.0. The molecule has 0 aliphatic rings. The van der Waals surface area contributed by atoms with Gasteiger partial charge in [0.2, 0.25) is 11.8 Å². The molecule has 0 saturated carbocycles. The summed E-state index contributed by atoms with van der Waals surface area (Å²) >= 11 is 0. The van der Waals surface area contributed by atoms with E-state index in [1.807, 2.05) is 6.92 Å². The number of hydrogen-bond donors (Lipinski definition) is 3. The molecule has 1 unspecified atom stereocenters. The molecule has 110 valence electrons. The number of ether oxygens (including phenoxy) is 1. The van der Waals surface area contributed by atoms with Gasteiger partial charge in [-0.3, -0.25) is 14.9 Å². The molecule has 0 fully saturated rings. The number of hydrogen-bond acceptors (Lipinski definition) is 4. The fraction of sp³-hybridized carbons (Fsp3) is 0.429. The highest BCUT2D eigenvalue weighted by atomic mass is 16.5. The van der Waals surface area contributed by atoms with Crippen LogP contribution in [0.3, 0.4) is 0 Å². The zero-order valence-electron chi connectivity index (χ0n) is 12.0. The van der Waals surface area contributed by atoms with E-state index in [1.54, 1.807) is 38.3 Å². The lowest BCUT2D eigenvalue weighted by molar-refractivity contribution is -0.122. The number of benzene rings is 1. The summed E-state index contributed by atoms with van der Waals surface area (Å²) in [5.74, 6) is 0.405. The first-order valence-corrected chi connectivity index (χ1v) is 6.51. The van der Waals surface area contributed by atoms with Crippen molar-refractivity contribution in [3.05, 3.63) is 24.3 Å². The summed E-state index contributed by atoms with van der Waals surface area (Å²) in [6, 6.07) is 6.63. The minimum absolute atomic E-state index is 0.0737. The molecule has 0 radical (unpaired) electrons. The number of methoxy groups -OCH3 is 1. The number of anilines is 1. The Morgan fingerprint density at radius 3 is 2.45 bits per heavy atom. The van der Waals surface area contributed by atoms with Gasteiger partial charge in [-0.2, -0.15) is 0 Å². The van der Waals surface area contributed by atoms with Crippen molar-refractivity contribution in [2.24, 2.45) is 0 Å². The quantitative estimate of drug-likeness (QED) is 0.688. The molecule has 0 heterocycles. The van der Waals surface area contributed by atoms with Crippen molar-refractivity contribution in [3.63, 3.8) is 0 Å². The van der Waals surface area contributed by atoms with Crippen LogP contribution in [-0.2, 0) is 9.59 Å². The maximum absolute atomic E-state index is 11.7. The van der Waals surface area contributed by atoms with Gasteiger partial charge in [0.15, 0.2) is 0 Å². The lowest BCUT2D eigenvalue weighted by Gasteiger charge is -2.13. The van der Waals surface area contributed by atoms with Crippen LogP contribution in [0.1, 0.15) is 13.8 Å². The molecule has 1 atom stereocenters. The molecule has 1 aromatic carbocycles. The predicted octanol–water partition coefficient (Wildman–Crippen LogP) is 0.748. The van der Waals surface area contributed by atoms with Gasteiger partial charge in [0, 0.05) is 12.2 Å². The minimum Gasteiger partial charge on any atom is -0.497 e. The molecule has 1 aromatic rings. The van der Waals surface area contributed by atoms with E-state index in [0.717, 1.165) is 5.75 Å². The van der Waals surface area contributed by atoms with E-state index in [9.17, 15) is 9.59 Å². The molecule has 0 aliphatic carbocycles. The molecule has 0 aliphatic heterocycles. The molecular weight excluding hydrogens is 258 g/mol. The molecular formula is C14H21N3O3. The van der Waals surface area contributed by atoms with Crippen molar-refractivity contribution in [2.75, 3.05) is 25.5 Å². The Kier molecular flexibility index (Phi) is 6.52. The molecule has 6 nitrogen and oxygen atoms in total. The van der Waals surface area contributed by atoms with Crippen molar-refractivity contribution in [3.8, 4) is 5.75 Å². The van der Waals surface area contributed by atoms with Crippen LogP contribution >= 0.6 is 0 Å². The van der Waals surface area contributed by atoms with Crippen LogP contribution in [0.15, 0.2) is 24.3 Å². The Morgan fingerprint density at radius 1 is 1.25 bits per heavy atom. The fourth-order valence-electron chi connectivity index (χ4n) is 1.55. The molecule has 0 bridgehead atoms. The monoisotopic (exact) mass is 279 g/mol. The standard InChI is InChI=1S/C14H21N3O3/c1-4-15-14(19)10(2)16-9-13(18)17-11-5-7-12(20-3)8-6-11/h5-8,10,16H,4,9H2,1-3H3,(H,15,19)(H,17,18). The summed E-state index contributed by atoms with van der Waals surface area (Å²) in [6.07, 6.45) is 0. The highest BCUT2D eigenvalue weighted by Gasteiger charge is 2.12. The fourth-order valence-corrected chi connectivity index (χ4v) is 1.55. The summed E-state index contributed by atoms with van der Waals surface area (Å²) in [5, 5.41) is 8.28. The number of carbonyl (C=O) groups is 2. The van der Waals surface area contributed by atoms with Crippen molar-refractivity contribution < 1.29 is 14.3 Å². The Labute approximate surface area is 118 Å². The van der Waals surface area contributed by atoms with Crippen molar-refractivity contribution in [2.45, 2.75) is 19.9 Å². The Hall–Kier alpha value is -2.08. The van der Waals surface area contributed by atoms with Crippen LogP contribution in [0.2, 0.25) is 0 Å². The van der Waals surface area contributed by atoms with E-state index in [2.05, 4.69) is 16.0 Å². The van der Waals surface area contributed by atoms with Crippen LogP contribution in [0.4, 0.5) is 5.69 Å². The molecule has 6 heteroatoms. The van der Waals surface area contributed by atoms with E-state index in [0.29, 0.717) is 12.2 Å². The molecule has 3 N–H and O–H groups in total. The van der Waals surface area contributed by atoms with E-state index < -0.39 is 6.04 Å². The van der Waals surface area contributed by atoms with Gasteiger partial charge in [-0.05, 0) is 38.1 Å². The topological polar surface area (TPSA) is 79.5 Å². The Bertz CT molecular complexity index is 445. The van der Waals surface area contributed by atoms with E-state index in [-0.39, 0.29) is 18.4 Å². The number of rotatable bonds is 7. The third-order valence-corrected chi connectivity index (χ3v) is 2.69. The SMILES string of the molecule is CCNC(=O)C(C)NCC(=O)Nc1ccc(OC)cc1. The first-order valence-electron chi connectivity index (χ1n) is 6.51. The maximum atomic E-state index is 11.7. The summed E-state index contributed by atoms with van der Waals surface area (Å²) in [7, 11) is 1.58. The largest absolute Gasteiger partial charge is 0.497 e. The summed E-state index contributed by atoms with van der Waals surface area (Å²) in [5.41, 5.74) is 0.684. The molecule has 2 amide bonds. The zero-order chi connectivity index (χ0) is 15.0. The van der Waals surface area contributed by atoms with Crippen molar-refractivity contribution >= 4 is 17.5 Å². The maximum Gasteiger partial charge on any atom is 0.238 e. The van der Waals surface area contributed by atoms with Gasteiger partial charge in [-0.1, -0.05) is 0 Å². The number of nitrogens with one attached hydrogen (secondary N) is 3. The average molecular weight is 279 g/mol. The smallest absolute Gasteiger partial charge is 0.238 e. The van der Waals surface area contributed by atoms with E-state index >= 15 is 0 Å². The number of amides is 2. The highest BCUT2D eigenvalue weighted by Crippen LogP contribution is 2.14. The van der Waals surface area contributed by atoms with Crippen LogP contribution in [0, 0.1) is 0 Å². The van der Waals surface area contributed by atoms with Crippen LogP contribution in [0.25, 0.3) is 0 Å². The Balaban J connectivity index is 2.37. The first-order chi connectivity index (χ1) is 9.56. The lowest BCUT2D eigenvalue weighted by atomic mass is 10.3. The van der Waals surface area contributed by atoms with Crippen molar-refractivity contribution in [1.29, 1.82) is 0 Å². The van der Waals surface area contributed by atoms with Gasteiger partial charge < -0.3 is 15.4 Å². The molecule has 1 rings (SSSR count). The summed E-state index contributed by atoms with van der Waals surface area (Å²) < 4.78 is 5.03. The van der Waals surface area contributed by atoms with Gasteiger partial charge in [0.05, 0.1) is 19.7 Å². The second kappa shape index (κ2) is 8.16. The van der Waals surface area contributed by atoms with E-state index in [1.165, 1.54) is 0 Å². The number of carbonyl (C=O) groups excluding carboxylic acids is 2. The van der Waals surface area contributed by atoms with Crippen LogP contribution in [0.5, 0.6) is 5.75 Å². The Morgan fingerprint density at radius 2 is 1.90 bits per heavy atom. The molecule has 0 aromatic heterocycles. The van der Waals surface area contributed by atoms with Crippen LogP contribution < -0.4 is 20.7 Å². The lowest BCUT2D eigenvalue weighted by Crippen LogP contribution is -2.44. The third-order valence-electron chi connectivity index (χ3n) is 2.69.